The quantitative estimate of drug-likeness (QED) is 0.900. The Morgan fingerprint density at radius 2 is 1.90 bits per heavy atom. The van der Waals surface area contributed by atoms with Crippen LogP contribution in [0.1, 0.15) is 12.5 Å². The zero-order valence-corrected chi connectivity index (χ0v) is 13.1. The SMILES string of the molecule is CCc1ccccc1NS(=O)(=O)c1ccc(Br)cc1F. The summed E-state index contributed by atoms with van der Waals surface area (Å²) in [5, 5.41) is 0. The van der Waals surface area contributed by atoms with Gasteiger partial charge < -0.3 is 0 Å². The number of nitrogens with one attached hydrogen (secondary N) is 1. The standard InChI is InChI=1S/C14H13BrFNO2S/c1-2-10-5-3-4-6-13(10)17-20(18,19)14-8-7-11(15)9-12(14)16/h3-9,17H,2H2,1H3. The molecule has 0 aliphatic rings. The van der Waals surface area contributed by atoms with E-state index in [0.717, 1.165) is 11.6 Å². The number of halogens is 2. The van der Waals surface area contributed by atoms with Crippen molar-refractivity contribution in [1.82, 2.24) is 0 Å². The van der Waals surface area contributed by atoms with Crippen molar-refractivity contribution in [2.45, 2.75) is 18.2 Å². The number of sulfonamides is 1. The van der Waals surface area contributed by atoms with Gasteiger partial charge in [0.2, 0.25) is 0 Å². The highest BCUT2D eigenvalue weighted by molar-refractivity contribution is 9.10. The van der Waals surface area contributed by atoms with Crippen LogP contribution in [-0.2, 0) is 16.4 Å². The number of benzene rings is 2. The van der Waals surface area contributed by atoms with Gasteiger partial charge in [0.1, 0.15) is 10.7 Å². The van der Waals surface area contributed by atoms with E-state index < -0.39 is 15.8 Å². The minimum atomic E-state index is -3.94. The van der Waals surface area contributed by atoms with E-state index in [1.807, 2.05) is 19.1 Å². The van der Waals surface area contributed by atoms with Gasteiger partial charge in [0.05, 0.1) is 5.69 Å². The Bertz CT molecular complexity index is 732. The highest BCUT2D eigenvalue weighted by Gasteiger charge is 2.20. The molecule has 0 radical (unpaired) electrons. The molecule has 2 rings (SSSR count). The molecule has 2 aromatic rings. The van der Waals surface area contributed by atoms with Crippen LogP contribution in [0.5, 0.6) is 0 Å². The summed E-state index contributed by atoms with van der Waals surface area (Å²) in [5.41, 5.74) is 1.32. The molecule has 0 spiro atoms. The first-order valence-electron chi connectivity index (χ1n) is 6.00. The van der Waals surface area contributed by atoms with Crippen LogP contribution in [0.2, 0.25) is 0 Å². The van der Waals surface area contributed by atoms with Gasteiger partial charge in [-0.1, -0.05) is 41.1 Å². The number of rotatable bonds is 4. The van der Waals surface area contributed by atoms with Crippen molar-refractivity contribution in [2.75, 3.05) is 4.72 Å². The fraction of sp³-hybridized carbons (Fsp3) is 0.143. The molecule has 0 saturated heterocycles. The van der Waals surface area contributed by atoms with E-state index in [1.165, 1.54) is 12.1 Å². The third-order valence-corrected chi connectivity index (χ3v) is 4.72. The zero-order chi connectivity index (χ0) is 14.8. The Labute approximate surface area is 126 Å². The second-order valence-electron chi connectivity index (χ2n) is 4.19. The molecule has 0 saturated carbocycles. The van der Waals surface area contributed by atoms with Crippen LogP contribution >= 0.6 is 15.9 Å². The lowest BCUT2D eigenvalue weighted by molar-refractivity contribution is 0.570. The topological polar surface area (TPSA) is 46.2 Å². The summed E-state index contributed by atoms with van der Waals surface area (Å²) in [6.07, 6.45) is 0.682. The highest BCUT2D eigenvalue weighted by Crippen LogP contribution is 2.24. The van der Waals surface area contributed by atoms with Crippen molar-refractivity contribution in [1.29, 1.82) is 0 Å². The van der Waals surface area contributed by atoms with Crippen LogP contribution in [-0.4, -0.2) is 8.42 Å². The fourth-order valence-corrected chi connectivity index (χ4v) is 3.32. The van der Waals surface area contributed by atoms with Gasteiger partial charge in [-0.05, 0) is 36.2 Å². The summed E-state index contributed by atoms with van der Waals surface area (Å²) in [7, 11) is -3.94. The highest BCUT2D eigenvalue weighted by atomic mass is 79.9. The maximum absolute atomic E-state index is 13.8. The normalized spacial score (nSPS) is 11.3. The molecule has 20 heavy (non-hydrogen) atoms. The third-order valence-electron chi connectivity index (χ3n) is 2.83. The first kappa shape index (κ1) is 15.0. The van der Waals surface area contributed by atoms with Gasteiger partial charge in [0.15, 0.2) is 0 Å². The molecule has 0 atom stereocenters. The molecule has 0 fully saturated rings. The molecule has 1 N–H and O–H groups in total. The molecule has 0 aromatic heterocycles. The van der Waals surface area contributed by atoms with Gasteiger partial charge in [0, 0.05) is 4.47 Å². The lowest BCUT2D eigenvalue weighted by atomic mass is 10.1. The molecule has 6 heteroatoms. The van der Waals surface area contributed by atoms with Crippen molar-refractivity contribution in [3.05, 3.63) is 58.3 Å². The number of hydrogen-bond acceptors (Lipinski definition) is 2. The molecule has 0 unspecified atom stereocenters. The van der Waals surface area contributed by atoms with E-state index in [-0.39, 0.29) is 4.90 Å². The number of aryl methyl sites for hydroxylation is 1. The monoisotopic (exact) mass is 357 g/mol. The molecule has 0 bridgehead atoms. The Balaban J connectivity index is 2.41. The van der Waals surface area contributed by atoms with Crippen molar-refractivity contribution in [3.63, 3.8) is 0 Å². The summed E-state index contributed by atoms with van der Waals surface area (Å²) in [5.74, 6) is -0.791. The number of anilines is 1. The van der Waals surface area contributed by atoms with Crippen molar-refractivity contribution >= 4 is 31.6 Å². The van der Waals surface area contributed by atoms with E-state index in [4.69, 9.17) is 0 Å². The molecule has 0 amide bonds. The predicted molar refractivity (Wildman–Crippen MR) is 80.7 cm³/mol. The predicted octanol–water partition coefficient (Wildman–Crippen LogP) is 3.95. The smallest absolute Gasteiger partial charge is 0.264 e. The van der Waals surface area contributed by atoms with E-state index in [1.54, 1.807) is 12.1 Å². The number of para-hydroxylation sites is 1. The molecular weight excluding hydrogens is 345 g/mol. The molecule has 0 aliphatic carbocycles. The number of hydrogen-bond donors (Lipinski definition) is 1. The second-order valence-corrected chi connectivity index (χ2v) is 6.76. The van der Waals surface area contributed by atoms with Crippen molar-refractivity contribution < 1.29 is 12.8 Å². The molecule has 3 nitrogen and oxygen atoms in total. The molecule has 0 aliphatic heterocycles. The summed E-state index contributed by atoms with van der Waals surface area (Å²) >= 11 is 3.10. The summed E-state index contributed by atoms with van der Waals surface area (Å²) in [6.45, 7) is 1.92. The van der Waals surface area contributed by atoms with Gasteiger partial charge >= 0.3 is 0 Å². The Kier molecular flexibility index (Phi) is 4.45. The van der Waals surface area contributed by atoms with Gasteiger partial charge in [0.25, 0.3) is 10.0 Å². The third kappa shape index (κ3) is 3.19. The average molecular weight is 358 g/mol. The van der Waals surface area contributed by atoms with Crippen LogP contribution in [0.4, 0.5) is 10.1 Å². The Morgan fingerprint density at radius 1 is 1.20 bits per heavy atom. The van der Waals surface area contributed by atoms with Gasteiger partial charge in [-0.15, -0.1) is 0 Å². The van der Waals surface area contributed by atoms with Crippen LogP contribution in [0.3, 0.4) is 0 Å². The van der Waals surface area contributed by atoms with Gasteiger partial charge in [-0.2, -0.15) is 0 Å². The maximum atomic E-state index is 13.8. The first-order chi connectivity index (χ1) is 9.44. The van der Waals surface area contributed by atoms with Crippen LogP contribution < -0.4 is 4.72 Å². The molecule has 106 valence electrons. The van der Waals surface area contributed by atoms with E-state index >= 15 is 0 Å². The van der Waals surface area contributed by atoms with Gasteiger partial charge in [-0.3, -0.25) is 4.72 Å². The van der Waals surface area contributed by atoms with E-state index in [9.17, 15) is 12.8 Å². The summed E-state index contributed by atoms with van der Waals surface area (Å²) < 4.78 is 41.2. The first-order valence-corrected chi connectivity index (χ1v) is 8.27. The minimum Gasteiger partial charge on any atom is -0.279 e. The second kappa shape index (κ2) is 5.93. The zero-order valence-electron chi connectivity index (χ0n) is 10.7. The largest absolute Gasteiger partial charge is 0.279 e. The van der Waals surface area contributed by atoms with E-state index in [2.05, 4.69) is 20.7 Å². The molecular formula is C14H13BrFNO2S. The van der Waals surface area contributed by atoms with Crippen LogP contribution in [0, 0.1) is 5.82 Å². The van der Waals surface area contributed by atoms with Crippen LogP contribution in [0.15, 0.2) is 51.8 Å². The van der Waals surface area contributed by atoms with Crippen molar-refractivity contribution in [2.24, 2.45) is 0 Å². The summed E-state index contributed by atoms with van der Waals surface area (Å²) in [4.78, 5) is -0.369. The lowest BCUT2D eigenvalue weighted by Gasteiger charge is -2.12. The summed E-state index contributed by atoms with van der Waals surface area (Å²) in [6, 6.07) is 10.9. The minimum absolute atomic E-state index is 0.369. The Hall–Kier alpha value is -1.40. The van der Waals surface area contributed by atoms with Crippen LogP contribution in [0.25, 0.3) is 0 Å². The fourth-order valence-electron chi connectivity index (χ4n) is 1.82. The van der Waals surface area contributed by atoms with E-state index in [0.29, 0.717) is 16.6 Å². The molecule has 2 aromatic carbocycles. The lowest BCUT2D eigenvalue weighted by Crippen LogP contribution is -2.15. The maximum Gasteiger partial charge on any atom is 0.264 e. The Morgan fingerprint density at radius 3 is 2.55 bits per heavy atom. The van der Waals surface area contributed by atoms with Crippen molar-refractivity contribution in [3.8, 4) is 0 Å². The molecule has 0 heterocycles. The average Bonchev–Trinajstić information content (AvgIpc) is 2.38. The van der Waals surface area contributed by atoms with Gasteiger partial charge in [-0.25, -0.2) is 12.8 Å².